The monoisotopic (exact) mass is 622 g/mol. The number of hydrogen-bond donors (Lipinski definition) is 0. The first-order chi connectivity index (χ1) is 21.4. The maximum atomic E-state index is 12.4. The molecule has 3 rings (SSSR count). The standard InChI is InChI=1S/C40H46O6/c1-21(2)38(41)44-35-25(8)14-31(15-26(35)9)24(7)20-34(32-16-27(10)36(28(11)17-32)45-39(42)22(3)4)33-18-29(12)37(30(13)19-33)46-40(43)23(5)6/h14-19,24,34H,1,3,5,20H2,2,4,6-13H3. The van der Waals surface area contributed by atoms with Crippen molar-refractivity contribution in [3.63, 3.8) is 0 Å². The van der Waals surface area contributed by atoms with Crippen molar-refractivity contribution in [3.05, 3.63) is 123 Å². The first-order valence-electron chi connectivity index (χ1n) is 15.4. The molecule has 0 aliphatic heterocycles. The van der Waals surface area contributed by atoms with Crippen LogP contribution in [0.2, 0.25) is 0 Å². The van der Waals surface area contributed by atoms with E-state index in [0.717, 1.165) is 56.5 Å². The molecule has 0 spiro atoms. The van der Waals surface area contributed by atoms with E-state index in [1.165, 1.54) is 0 Å². The molecule has 0 heterocycles. The molecule has 46 heavy (non-hydrogen) atoms. The lowest BCUT2D eigenvalue weighted by Gasteiger charge is -2.26. The van der Waals surface area contributed by atoms with E-state index in [1.807, 2.05) is 41.5 Å². The third-order valence-corrected chi connectivity index (χ3v) is 8.04. The van der Waals surface area contributed by atoms with Crippen molar-refractivity contribution in [2.75, 3.05) is 0 Å². The van der Waals surface area contributed by atoms with Crippen molar-refractivity contribution >= 4 is 17.9 Å². The summed E-state index contributed by atoms with van der Waals surface area (Å²) in [4.78, 5) is 37.0. The molecule has 6 heteroatoms. The van der Waals surface area contributed by atoms with Crippen molar-refractivity contribution in [1.82, 2.24) is 0 Å². The Labute approximate surface area is 273 Å². The number of hydrogen-bond acceptors (Lipinski definition) is 6. The molecule has 0 aliphatic carbocycles. The maximum Gasteiger partial charge on any atom is 0.338 e. The number of rotatable bonds is 11. The van der Waals surface area contributed by atoms with Crippen molar-refractivity contribution < 1.29 is 28.6 Å². The van der Waals surface area contributed by atoms with Gasteiger partial charge in [-0.2, -0.15) is 0 Å². The Kier molecular flexibility index (Phi) is 11.3. The van der Waals surface area contributed by atoms with Crippen LogP contribution in [-0.4, -0.2) is 17.9 Å². The van der Waals surface area contributed by atoms with Crippen molar-refractivity contribution in [2.45, 2.75) is 87.5 Å². The topological polar surface area (TPSA) is 78.9 Å². The minimum Gasteiger partial charge on any atom is -0.423 e. The van der Waals surface area contributed by atoms with Gasteiger partial charge in [-0.3, -0.25) is 0 Å². The van der Waals surface area contributed by atoms with Gasteiger partial charge in [0, 0.05) is 22.6 Å². The summed E-state index contributed by atoms with van der Waals surface area (Å²) < 4.78 is 17.0. The highest BCUT2D eigenvalue weighted by Crippen LogP contribution is 2.41. The first-order valence-corrected chi connectivity index (χ1v) is 15.4. The Morgan fingerprint density at radius 3 is 1.00 bits per heavy atom. The molecule has 0 radical (unpaired) electrons. The predicted octanol–water partition coefficient (Wildman–Crippen LogP) is 9.31. The van der Waals surface area contributed by atoms with E-state index in [0.29, 0.717) is 34.0 Å². The molecule has 3 aromatic carbocycles. The van der Waals surface area contributed by atoms with Gasteiger partial charge in [-0.15, -0.1) is 0 Å². The fraction of sp³-hybridized carbons (Fsp3) is 0.325. The molecule has 3 aromatic rings. The molecule has 0 aromatic heterocycles. The SMILES string of the molecule is C=C(C)C(=O)Oc1c(C)cc(C(C)CC(c2cc(C)c(OC(=O)C(=C)C)c(C)c2)c2cc(C)c(OC(=O)C(=C)C)c(C)c2)cc1C. The number of aryl methyl sites for hydroxylation is 6. The summed E-state index contributed by atoms with van der Waals surface area (Å²) in [5, 5.41) is 0. The van der Waals surface area contributed by atoms with Gasteiger partial charge in [0.15, 0.2) is 0 Å². The average molecular weight is 623 g/mol. The number of carbonyl (C=O) groups is 3. The smallest absolute Gasteiger partial charge is 0.338 e. The number of esters is 3. The van der Waals surface area contributed by atoms with Crippen LogP contribution in [0.5, 0.6) is 17.2 Å². The number of carbonyl (C=O) groups excluding carboxylic acids is 3. The van der Waals surface area contributed by atoms with Crippen LogP contribution in [0.25, 0.3) is 0 Å². The van der Waals surface area contributed by atoms with Crippen LogP contribution in [0.4, 0.5) is 0 Å². The van der Waals surface area contributed by atoms with Crippen LogP contribution in [-0.2, 0) is 14.4 Å². The fourth-order valence-corrected chi connectivity index (χ4v) is 5.61. The van der Waals surface area contributed by atoms with Crippen LogP contribution in [0, 0.1) is 41.5 Å². The quantitative estimate of drug-likeness (QED) is 0.120. The van der Waals surface area contributed by atoms with Crippen molar-refractivity contribution in [2.24, 2.45) is 0 Å². The zero-order valence-electron chi connectivity index (χ0n) is 28.9. The largest absolute Gasteiger partial charge is 0.423 e. The Morgan fingerprint density at radius 2 is 0.761 bits per heavy atom. The summed E-state index contributed by atoms with van der Waals surface area (Å²) in [5.74, 6) is 0.306. The molecule has 1 unspecified atom stereocenters. The lowest BCUT2D eigenvalue weighted by atomic mass is 9.79. The van der Waals surface area contributed by atoms with E-state index in [2.05, 4.69) is 63.1 Å². The average Bonchev–Trinajstić information content (AvgIpc) is 2.96. The zero-order valence-corrected chi connectivity index (χ0v) is 28.9. The molecular formula is C40H46O6. The van der Waals surface area contributed by atoms with Gasteiger partial charge >= 0.3 is 17.9 Å². The van der Waals surface area contributed by atoms with E-state index in [4.69, 9.17) is 14.2 Å². The minimum absolute atomic E-state index is 0.0527. The van der Waals surface area contributed by atoms with E-state index in [9.17, 15) is 14.4 Å². The Balaban J connectivity index is 2.12. The lowest BCUT2D eigenvalue weighted by Crippen LogP contribution is -2.13. The van der Waals surface area contributed by atoms with Gasteiger partial charge in [0.05, 0.1) is 0 Å². The molecule has 0 aliphatic rings. The summed E-state index contributed by atoms with van der Waals surface area (Å²) in [5.41, 5.74) is 9.40. The van der Waals surface area contributed by atoms with Crippen molar-refractivity contribution in [1.29, 1.82) is 0 Å². The second-order valence-corrected chi connectivity index (χ2v) is 12.7. The van der Waals surface area contributed by atoms with E-state index < -0.39 is 17.9 Å². The molecule has 0 fully saturated rings. The molecule has 0 saturated heterocycles. The van der Waals surface area contributed by atoms with Gasteiger partial charge in [-0.05, 0) is 125 Å². The lowest BCUT2D eigenvalue weighted by molar-refractivity contribution is -0.131. The van der Waals surface area contributed by atoms with Crippen LogP contribution in [0.3, 0.4) is 0 Å². The summed E-state index contributed by atoms with van der Waals surface area (Å²) in [6, 6.07) is 12.4. The zero-order chi connectivity index (χ0) is 34.6. The van der Waals surface area contributed by atoms with Gasteiger partial charge in [0.25, 0.3) is 0 Å². The molecule has 242 valence electrons. The van der Waals surface area contributed by atoms with Gasteiger partial charge in [0.1, 0.15) is 17.2 Å². The highest BCUT2D eigenvalue weighted by Gasteiger charge is 2.25. The molecular weight excluding hydrogens is 576 g/mol. The second kappa shape index (κ2) is 14.6. The van der Waals surface area contributed by atoms with Gasteiger partial charge in [-0.25, -0.2) is 14.4 Å². The van der Waals surface area contributed by atoms with Crippen LogP contribution in [0.15, 0.2) is 72.9 Å². The minimum atomic E-state index is -0.460. The Hall–Kier alpha value is -4.71. The van der Waals surface area contributed by atoms with Crippen molar-refractivity contribution in [3.8, 4) is 17.2 Å². The van der Waals surface area contributed by atoms with Gasteiger partial charge in [-0.1, -0.05) is 63.1 Å². The van der Waals surface area contributed by atoms with E-state index >= 15 is 0 Å². The third-order valence-electron chi connectivity index (χ3n) is 8.04. The summed E-state index contributed by atoms with van der Waals surface area (Å²) in [7, 11) is 0. The number of ether oxygens (including phenoxy) is 3. The summed E-state index contributed by atoms with van der Waals surface area (Å²) in [6.07, 6.45) is 0.747. The number of benzene rings is 3. The molecule has 0 N–H and O–H groups in total. The third kappa shape index (κ3) is 8.30. The molecule has 1 atom stereocenters. The predicted molar refractivity (Wildman–Crippen MR) is 184 cm³/mol. The molecule has 0 bridgehead atoms. The highest BCUT2D eigenvalue weighted by atomic mass is 16.5. The molecule has 0 saturated carbocycles. The van der Waals surface area contributed by atoms with E-state index in [-0.39, 0.29) is 11.8 Å². The van der Waals surface area contributed by atoms with Crippen LogP contribution in [0.1, 0.15) is 96.0 Å². The summed E-state index contributed by atoms with van der Waals surface area (Å²) >= 11 is 0. The molecule has 6 nitrogen and oxygen atoms in total. The van der Waals surface area contributed by atoms with Crippen LogP contribution < -0.4 is 14.2 Å². The fourth-order valence-electron chi connectivity index (χ4n) is 5.61. The first kappa shape index (κ1) is 35.8. The normalized spacial score (nSPS) is 11.5. The summed E-state index contributed by atoms with van der Waals surface area (Å²) in [6.45, 7) is 29.8. The Morgan fingerprint density at radius 1 is 0.522 bits per heavy atom. The maximum absolute atomic E-state index is 12.4. The second-order valence-electron chi connectivity index (χ2n) is 12.7. The molecule has 0 amide bonds. The highest BCUT2D eigenvalue weighted by molar-refractivity contribution is 5.90. The van der Waals surface area contributed by atoms with E-state index in [1.54, 1.807) is 20.8 Å². The van der Waals surface area contributed by atoms with Gasteiger partial charge in [0.2, 0.25) is 0 Å². The van der Waals surface area contributed by atoms with Gasteiger partial charge < -0.3 is 14.2 Å². The van der Waals surface area contributed by atoms with Crippen LogP contribution >= 0.6 is 0 Å². The Bertz CT molecular complexity index is 1600.